The van der Waals surface area contributed by atoms with Crippen molar-refractivity contribution in [1.29, 1.82) is 0 Å². The molecule has 0 spiro atoms. The van der Waals surface area contributed by atoms with E-state index in [9.17, 15) is 9.18 Å². The fourth-order valence-electron chi connectivity index (χ4n) is 4.00. The molecule has 3 rings (SSSR count). The predicted octanol–water partition coefficient (Wildman–Crippen LogP) is 3.56. The van der Waals surface area contributed by atoms with Crippen LogP contribution in [0.2, 0.25) is 0 Å². The average Bonchev–Trinajstić information content (AvgIpc) is 3.41. The lowest BCUT2D eigenvalue weighted by Crippen LogP contribution is -2.45. The maximum Gasteiger partial charge on any atom is 0.225 e. The number of carbonyl (C=O) groups excluding carboxylic acids is 1. The molecule has 6 nitrogen and oxygen atoms in total. The zero-order valence-electron chi connectivity index (χ0n) is 17.7. The molecule has 2 fully saturated rings. The Morgan fingerprint density at radius 1 is 1.23 bits per heavy atom. The normalized spacial score (nSPS) is 19.5. The van der Waals surface area contributed by atoms with E-state index in [4.69, 9.17) is 4.74 Å². The van der Waals surface area contributed by atoms with Crippen molar-refractivity contribution in [2.45, 2.75) is 51.5 Å². The third-order valence-corrected chi connectivity index (χ3v) is 5.54. The van der Waals surface area contributed by atoms with Crippen LogP contribution in [0.25, 0.3) is 0 Å². The Hall–Kier alpha value is -1.58. The van der Waals surface area contributed by atoms with Gasteiger partial charge in [-0.3, -0.25) is 9.79 Å². The number of hydrogen-bond acceptors (Lipinski definition) is 3. The highest BCUT2D eigenvalue weighted by Crippen LogP contribution is 2.27. The Morgan fingerprint density at radius 2 is 1.97 bits per heavy atom. The van der Waals surface area contributed by atoms with E-state index in [1.54, 1.807) is 12.1 Å². The molecular weight excluding hydrogens is 498 g/mol. The van der Waals surface area contributed by atoms with Gasteiger partial charge in [0.05, 0.1) is 6.61 Å². The number of carbonyl (C=O) groups is 1. The van der Waals surface area contributed by atoms with Gasteiger partial charge in [0.25, 0.3) is 0 Å². The largest absolute Gasteiger partial charge is 0.494 e. The molecule has 0 bridgehead atoms. The summed E-state index contributed by atoms with van der Waals surface area (Å²) in [5.74, 6) is 1.77. The molecule has 1 aliphatic carbocycles. The highest BCUT2D eigenvalue weighted by Gasteiger charge is 2.32. The molecule has 1 aromatic carbocycles. The van der Waals surface area contributed by atoms with Gasteiger partial charge >= 0.3 is 0 Å². The quantitative estimate of drug-likeness (QED) is 0.233. The van der Waals surface area contributed by atoms with Crippen molar-refractivity contribution >= 4 is 35.8 Å². The van der Waals surface area contributed by atoms with Gasteiger partial charge in [0.2, 0.25) is 5.91 Å². The molecular formula is C22H34FIN4O2. The Bertz CT molecular complexity index is 680. The molecule has 1 saturated heterocycles. The van der Waals surface area contributed by atoms with Crippen molar-refractivity contribution in [2.24, 2.45) is 10.9 Å². The SMILES string of the molecule is CCNC(=NCCCOc1ccc(F)cc1)NC1CCN(C(=O)C2CCCC2)C1.I. The van der Waals surface area contributed by atoms with Gasteiger partial charge in [-0.05, 0) is 50.5 Å². The first-order valence-corrected chi connectivity index (χ1v) is 10.9. The number of hydrogen-bond donors (Lipinski definition) is 2. The third kappa shape index (κ3) is 7.59. The van der Waals surface area contributed by atoms with E-state index in [1.807, 2.05) is 11.8 Å². The van der Waals surface area contributed by atoms with Crippen LogP contribution in [0.3, 0.4) is 0 Å². The summed E-state index contributed by atoms with van der Waals surface area (Å²) in [4.78, 5) is 19.2. The lowest BCUT2D eigenvalue weighted by molar-refractivity contribution is -0.134. The first-order valence-electron chi connectivity index (χ1n) is 10.9. The van der Waals surface area contributed by atoms with Crippen molar-refractivity contribution in [3.63, 3.8) is 0 Å². The van der Waals surface area contributed by atoms with E-state index in [0.717, 1.165) is 51.3 Å². The number of likely N-dealkylation sites (tertiary alicyclic amines) is 1. The molecule has 2 N–H and O–H groups in total. The van der Waals surface area contributed by atoms with Gasteiger partial charge in [0.1, 0.15) is 11.6 Å². The standard InChI is InChI=1S/C22H33FN4O2.HI/c1-2-24-22(25-13-5-15-29-20-10-8-18(23)9-11-20)26-19-12-14-27(16-19)21(28)17-6-3-4-7-17;/h8-11,17,19H,2-7,12-16H2,1H3,(H2,24,25,26);1H. The second-order valence-corrected chi connectivity index (χ2v) is 7.81. The summed E-state index contributed by atoms with van der Waals surface area (Å²) in [5.41, 5.74) is 0. The maximum absolute atomic E-state index is 12.9. The molecule has 168 valence electrons. The van der Waals surface area contributed by atoms with Crippen LogP contribution < -0.4 is 15.4 Å². The van der Waals surface area contributed by atoms with Gasteiger partial charge in [-0.2, -0.15) is 0 Å². The van der Waals surface area contributed by atoms with Crippen molar-refractivity contribution < 1.29 is 13.9 Å². The lowest BCUT2D eigenvalue weighted by atomic mass is 10.1. The minimum Gasteiger partial charge on any atom is -0.494 e. The van der Waals surface area contributed by atoms with Gasteiger partial charge in [0, 0.05) is 44.6 Å². The number of halogens is 2. The molecule has 1 atom stereocenters. The summed E-state index contributed by atoms with van der Waals surface area (Å²) in [7, 11) is 0. The van der Waals surface area contributed by atoms with Crippen molar-refractivity contribution in [2.75, 3.05) is 32.8 Å². The smallest absolute Gasteiger partial charge is 0.225 e. The number of nitrogens with one attached hydrogen (secondary N) is 2. The molecule has 0 radical (unpaired) electrons. The molecule has 1 unspecified atom stereocenters. The number of nitrogens with zero attached hydrogens (tertiary/aromatic N) is 2. The van der Waals surface area contributed by atoms with E-state index in [2.05, 4.69) is 15.6 Å². The topological polar surface area (TPSA) is 66.0 Å². The van der Waals surface area contributed by atoms with Gasteiger partial charge < -0.3 is 20.3 Å². The highest BCUT2D eigenvalue weighted by molar-refractivity contribution is 14.0. The monoisotopic (exact) mass is 532 g/mol. The van der Waals surface area contributed by atoms with Crippen LogP contribution in [0.5, 0.6) is 5.75 Å². The highest BCUT2D eigenvalue weighted by atomic mass is 127. The van der Waals surface area contributed by atoms with Crippen molar-refractivity contribution in [3.8, 4) is 5.75 Å². The molecule has 1 amide bonds. The molecule has 1 aliphatic heterocycles. The summed E-state index contributed by atoms with van der Waals surface area (Å²) in [6.07, 6.45) is 6.21. The molecule has 30 heavy (non-hydrogen) atoms. The Labute approximate surface area is 196 Å². The Morgan fingerprint density at radius 3 is 2.67 bits per heavy atom. The maximum atomic E-state index is 12.9. The van der Waals surface area contributed by atoms with E-state index < -0.39 is 0 Å². The number of amides is 1. The number of aliphatic imine (C=N–C) groups is 1. The number of guanidine groups is 1. The van der Waals surface area contributed by atoms with Gasteiger partial charge in [-0.1, -0.05) is 12.8 Å². The minimum absolute atomic E-state index is 0. The molecule has 8 heteroatoms. The summed E-state index contributed by atoms with van der Waals surface area (Å²) >= 11 is 0. The van der Waals surface area contributed by atoms with Gasteiger partial charge in [0.15, 0.2) is 5.96 Å². The van der Waals surface area contributed by atoms with E-state index in [-0.39, 0.29) is 41.8 Å². The van der Waals surface area contributed by atoms with E-state index in [1.165, 1.54) is 25.0 Å². The summed E-state index contributed by atoms with van der Waals surface area (Å²) in [6.45, 7) is 5.58. The lowest BCUT2D eigenvalue weighted by Gasteiger charge is -2.21. The van der Waals surface area contributed by atoms with E-state index in [0.29, 0.717) is 24.8 Å². The summed E-state index contributed by atoms with van der Waals surface area (Å²) in [6, 6.07) is 6.28. The number of ether oxygens (including phenoxy) is 1. The zero-order valence-corrected chi connectivity index (χ0v) is 20.1. The predicted molar refractivity (Wildman–Crippen MR) is 128 cm³/mol. The number of benzene rings is 1. The average molecular weight is 532 g/mol. The van der Waals surface area contributed by atoms with Crippen LogP contribution in [0.4, 0.5) is 4.39 Å². The van der Waals surface area contributed by atoms with Crippen LogP contribution in [-0.4, -0.2) is 55.6 Å². The van der Waals surface area contributed by atoms with Crippen LogP contribution >= 0.6 is 24.0 Å². The molecule has 0 aromatic heterocycles. The van der Waals surface area contributed by atoms with Gasteiger partial charge in [-0.25, -0.2) is 4.39 Å². The summed E-state index contributed by atoms with van der Waals surface area (Å²) < 4.78 is 18.5. The van der Waals surface area contributed by atoms with Crippen molar-refractivity contribution in [3.05, 3.63) is 30.1 Å². The van der Waals surface area contributed by atoms with Crippen LogP contribution in [0, 0.1) is 11.7 Å². The molecule has 1 heterocycles. The number of rotatable bonds is 8. The van der Waals surface area contributed by atoms with Crippen LogP contribution in [0.15, 0.2) is 29.3 Å². The second-order valence-electron chi connectivity index (χ2n) is 7.81. The Balaban J connectivity index is 0.00000320. The first kappa shape index (κ1) is 24.7. The first-order chi connectivity index (χ1) is 14.2. The second kappa shape index (κ2) is 13.0. The van der Waals surface area contributed by atoms with Crippen molar-refractivity contribution in [1.82, 2.24) is 15.5 Å². The van der Waals surface area contributed by atoms with Gasteiger partial charge in [-0.15, -0.1) is 24.0 Å². The fourth-order valence-corrected chi connectivity index (χ4v) is 4.00. The summed E-state index contributed by atoms with van der Waals surface area (Å²) in [5, 5.41) is 6.75. The van der Waals surface area contributed by atoms with Crippen LogP contribution in [-0.2, 0) is 4.79 Å². The van der Waals surface area contributed by atoms with E-state index >= 15 is 0 Å². The molecule has 1 saturated carbocycles. The minimum atomic E-state index is -0.265. The van der Waals surface area contributed by atoms with Crippen LogP contribution in [0.1, 0.15) is 45.4 Å². The Kier molecular flexibility index (Phi) is 10.7. The molecule has 2 aliphatic rings. The zero-order chi connectivity index (χ0) is 20.5. The molecule has 1 aromatic rings. The fraction of sp³-hybridized carbons (Fsp3) is 0.636. The third-order valence-electron chi connectivity index (χ3n) is 5.54.